The molecule has 0 amide bonds. The van der Waals surface area contributed by atoms with Crippen LogP contribution < -0.4 is 4.74 Å². The van der Waals surface area contributed by atoms with E-state index in [1.54, 1.807) is 7.11 Å². The molecule has 3 rings (SSSR count). The van der Waals surface area contributed by atoms with Gasteiger partial charge in [0.1, 0.15) is 5.75 Å². The molecule has 0 N–H and O–H groups in total. The average Bonchev–Trinajstić information content (AvgIpc) is 2.53. The molecule has 0 unspecified atom stereocenters. The van der Waals surface area contributed by atoms with E-state index in [9.17, 15) is 0 Å². The van der Waals surface area contributed by atoms with Crippen LogP contribution in [0.25, 0.3) is 10.8 Å². The first kappa shape index (κ1) is 12.4. The SMILES string of the molecule is COc1ccc2ccccc2c1C=Nc1ccccc1. The van der Waals surface area contributed by atoms with Gasteiger partial charge in [-0.05, 0) is 29.0 Å². The number of benzene rings is 3. The molecule has 3 aromatic carbocycles. The number of nitrogens with zero attached hydrogens (tertiary/aromatic N) is 1. The molecule has 2 heteroatoms. The second-order valence-electron chi connectivity index (χ2n) is 4.50. The molecule has 0 aliphatic carbocycles. The lowest BCUT2D eigenvalue weighted by Gasteiger charge is -2.08. The van der Waals surface area contributed by atoms with Crippen molar-refractivity contribution in [2.45, 2.75) is 0 Å². The second-order valence-corrected chi connectivity index (χ2v) is 4.50. The third kappa shape index (κ3) is 2.41. The van der Waals surface area contributed by atoms with E-state index in [-0.39, 0.29) is 0 Å². The molecule has 98 valence electrons. The summed E-state index contributed by atoms with van der Waals surface area (Å²) in [6.07, 6.45) is 1.87. The summed E-state index contributed by atoms with van der Waals surface area (Å²) in [6.45, 7) is 0. The van der Waals surface area contributed by atoms with Crippen molar-refractivity contribution in [2.75, 3.05) is 7.11 Å². The number of hydrogen-bond acceptors (Lipinski definition) is 2. The van der Waals surface area contributed by atoms with Crippen LogP contribution in [0.3, 0.4) is 0 Å². The number of rotatable bonds is 3. The van der Waals surface area contributed by atoms with Gasteiger partial charge < -0.3 is 4.74 Å². The van der Waals surface area contributed by atoms with Gasteiger partial charge >= 0.3 is 0 Å². The Bertz CT molecular complexity index is 748. The molecule has 0 heterocycles. The summed E-state index contributed by atoms with van der Waals surface area (Å²) in [5.74, 6) is 0.836. The minimum atomic E-state index is 0.836. The van der Waals surface area contributed by atoms with E-state index in [0.717, 1.165) is 22.4 Å². The molecule has 0 aromatic heterocycles. The van der Waals surface area contributed by atoms with Crippen molar-refractivity contribution in [1.82, 2.24) is 0 Å². The van der Waals surface area contributed by atoms with Gasteiger partial charge in [0, 0.05) is 11.8 Å². The molecular formula is C18H15NO. The van der Waals surface area contributed by atoms with Crippen molar-refractivity contribution < 1.29 is 4.74 Å². The molecule has 0 radical (unpaired) electrons. The Morgan fingerprint density at radius 3 is 2.40 bits per heavy atom. The molecule has 0 saturated carbocycles. The topological polar surface area (TPSA) is 21.6 Å². The van der Waals surface area contributed by atoms with Gasteiger partial charge in [0.2, 0.25) is 0 Å². The maximum Gasteiger partial charge on any atom is 0.128 e. The molecular weight excluding hydrogens is 246 g/mol. The Morgan fingerprint density at radius 1 is 0.850 bits per heavy atom. The van der Waals surface area contributed by atoms with E-state index in [2.05, 4.69) is 23.2 Å². The number of hydrogen-bond donors (Lipinski definition) is 0. The van der Waals surface area contributed by atoms with E-state index in [1.165, 1.54) is 5.39 Å². The standard InChI is InChI=1S/C18H15NO/c1-20-18-12-11-14-7-5-6-10-16(14)17(18)13-19-15-8-3-2-4-9-15/h2-13H,1H3. The van der Waals surface area contributed by atoms with Crippen molar-refractivity contribution in [1.29, 1.82) is 0 Å². The number of ether oxygens (including phenoxy) is 1. The van der Waals surface area contributed by atoms with Gasteiger partial charge in [-0.25, -0.2) is 0 Å². The van der Waals surface area contributed by atoms with Gasteiger partial charge in [0.25, 0.3) is 0 Å². The summed E-state index contributed by atoms with van der Waals surface area (Å²) < 4.78 is 5.45. The fourth-order valence-corrected chi connectivity index (χ4v) is 2.24. The molecule has 3 aromatic rings. The van der Waals surface area contributed by atoms with Crippen molar-refractivity contribution in [3.63, 3.8) is 0 Å². The lowest BCUT2D eigenvalue weighted by atomic mass is 10.0. The molecule has 0 saturated heterocycles. The van der Waals surface area contributed by atoms with Crippen LogP contribution in [0.2, 0.25) is 0 Å². The molecule has 0 aliphatic heterocycles. The number of aliphatic imine (C=N–C) groups is 1. The van der Waals surface area contributed by atoms with Gasteiger partial charge in [-0.2, -0.15) is 0 Å². The van der Waals surface area contributed by atoms with Gasteiger partial charge in [0.15, 0.2) is 0 Å². The molecule has 0 atom stereocenters. The lowest BCUT2D eigenvalue weighted by molar-refractivity contribution is 0.415. The number of methoxy groups -OCH3 is 1. The average molecular weight is 261 g/mol. The van der Waals surface area contributed by atoms with Crippen LogP contribution in [0.15, 0.2) is 71.7 Å². The highest BCUT2D eigenvalue weighted by Crippen LogP contribution is 2.27. The Kier molecular flexibility index (Phi) is 3.46. The highest BCUT2D eigenvalue weighted by atomic mass is 16.5. The summed E-state index contributed by atoms with van der Waals surface area (Å²) in [5.41, 5.74) is 1.94. The smallest absolute Gasteiger partial charge is 0.128 e. The van der Waals surface area contributed by atoms with Gasteiger partial charge in [-0.15, -0.1) is 0 Å². The maximum atomic E-state index is 5.45. The van der Waals surface area contributed by atoms with Gasteiger partial charge in [-0.3, -0.25) is 4.99 Å². The highest BCUT2D eigenvalue weighted by Gasteiger charge is 2.05. The Balaban J connectivity index is 2.12. The number of para-hydroxylation sites is 1. The van der Waals surface area contributed by atoms with E-state index in [4.69, 9.17) is 4.74 Å². The molecule has 0 aliphatic rings. The number of fused-ring (bicyclic) bond motifs is 1. The van der Waals surface area contributed by atoms with E-state index in [1.807, 2.05) is 54.7 Å². The highest BCUT2D eigenvalue weighted by molar-refractivity contribution is 6.03. The third-order valence-corrected chi connectivity index (χ3v) is 3.25. The first-order valence-corrected chi connectivity index (χ1v) is 6.53. The Labute approximate surface area is 118 Å². The third-order valence-electron chi connectivity index (χ3n) is 3.25. The van der Waals surface area contributed by atoms with E-state index < -0.39 is 0 Å². The van der Waals surface area contributed by atoms with Crippen molar-refractivity contribution in [3.8, 4) is 5.75 Å². The van der Waals surface area contributed by atoms with Crippen molar-refractivity contribution in [2.24, 2.45) is 4.99 Å². The Hall–Kier alpha value is -2.61. The van der Waals surface area contributed by atoms with Crippen LogP contribution in [0.5, 0.6) is 5.75 Å². The van der Waals surface area contributed by atoms with E-state index in [0.29, 0.717) is 0 Å². The van der Waals surface area contributed by atoms with Crippen molar-refractivity contribution in [3.05, 3.63) is 72.3 Å². The first-order chi connectivity index (χ1) is 9.88. The van der Waals surface area contributed by atoms with Gasteiger partial charge in [0.05, 0.1) is 12.8 Å². The van der Waals surface area contributed by atoms with Gasteiger partial charge in [-0.1, -0.05) is 48.5 Å². The fourth-order valence-electron chi connectivity index (χ4n) is 2.24. The minimum absolute atomic E-state index is 0.836. The summed E-state index contributed by atoms with van der Waals surface area (Å²) in [7, 11) is 1.68. The summed E-state index contributed by atoms with van der Waals surface area (Å²) >= 11 is 0. The van der Waals surface area contributed by atoms with Crippen LogP contribution in [-0.2, 0) is 0 Å². The zero-order valence-electron chi connectivity index (χ0n) is 11.3. The quantitative estimate of drug-likeness (QED) is 0.631. The summed E-state index contributed by atoms with van der Waals surface area (Å²) in [6, 6.07) is 22.2. The zero-order chi connectivity index (χ0) is 13.8. The summed E-state index contributed by atoms with van der Waals surface area (Å²) in [4.78, 5) is 4.53. The Morgan fingerprint density at radius 2 is 1.60 bits per heavy atom. The first-order valence-electron chi connectivity index (χ1n) is 6.53. The van der Waals surface area contributed by atoms with Crippen molar-refractivity contribution >= 4 is 22.7 Å². The maximum absolute atomic E-state index is 5.45. The fraction of sp³-hybridized carbons (Fsp3) is 0.0556. The summed E-state index contributed by atoms with van der Waals surface area (Å²) in [5, 5.41) is 2.33. The van der Waals surface area contributed by atoms with Crippen LogP contribution >= 0.6 is 0 Å². The largest absolute Gasteiger partial charge is 0.496 e. The second kappa shape index (κ2) is 5.57. The predicted octanol–water partition coefficient (Wildman–Crippen LogP) is 4.60. The molecule has 2 nitrogen and oxygen atoms in total. The van der Waals surface area contributed by atoms with Crippen LogP contribution in [0.1, 0.15) is 5.56 Å². The van der Waals surface area contributed by atoms with Crippen LogP contribution in [-0.4, -0.2) is 13.3 Å². The van der Waals surface area contributed by atoms with Crippen LogP contribution in [0.4, 0.5) is 5.69 Å². The molecule has 0 bridgehead atoms. The molecule has 0 fully saturated rings. The normalized spacial score (nSPS) is 11.1. The molecule has 20 heavy (non-hydrogen) atoms. The monoisotopic (exact) mass is 261 g/mol. The minimum Gasteiger partial charge on any atom is -0.496 e. The molecule has 0 spiro atoms. The predicted molar refractivity (Wildman–Crippen MR) is 84.2 cm³/mol. The zero-order valence-corrected chi connectivity index (χ0v) is 11.3. The van der Waals surface area contributed by atoms with E-state index >= 15 is 0 Å². The van der Waals surface area contributed by atoms with Crippen LogP contribution in [0, 0.1) is 0 Å². The lowest BCUT2D eigenvalue weighted by Crippen LogP contribution is -1.92.